The Balaban J connectivity index is 2.05. The molecule has 3 rings (SSSR count). The molecule has 1 heterocycles. The summed E-state index contributed by atoms with van der Waals surface area (Å²) in [7, 11) is 0. The van der Waals surface area contributed by atoms with Gasteiger partial charge in [0.1, 0.15) is 0 Å². The zero-order chi connectivity index (χ0) is 14.1. The fourth-order valence-corrected chi connectivity index (χ4v) is 2.50. The van der Waals surface area contributed by atoms with Crippen molar-refractivity contribution in [2.75, 3.05) is 0 Å². The summed E-state index contributed by atoms with van der Waals surface area (Å²) in [6.45, 7) is 0. The van der Waals surface area contributed by atoms with Gasteiger partial charge >= 0.3 is 0 Å². The van der Waals surface area contributed by atoms with Crippen molar-refractivity contribution in [2.45, 2.75) is 0 Å². The minimum atomic E-state index is -0.0689. The van der Waals surface area contributed by atoms with Gasteiger partial charge in [0, 0.05) is 27.2 Å². The number of hydrogen-bond acceptors (Lipinski definition) is 2. The fraction of sp³-hybridized carbons (Fsp3) is 0. The van der Waals surface area contributed by atoms with Crippen LogP contribution in [0.1, 0.15) is 15.9 Å². The van der Waals surface area contributed by atoms with E-state index in [4.69, 9.17) is 11.6 Å². The third-order valence-corrected chi connectivity index (χ3v) is 4.25. The lowest BCUT2D eigenvalue weighted by atomic mass is 10.0. The number of rotatable bonds is 2. The number of fused-ring (bicyclic) bond motifs is 1. The maximum absolute atomic E-state index is 12.4. The van der Waals surface area contributed by atoms with Crippen LogP contribution in [0.5, 0.6) is 0 Å². The zero-order valence-corrected chi connectivity index (χ0v) is 12.6. The molecule has 0 aliphatic carbocycles. The number of para-hydroxylation sites is 1. The van der Waals surface area contributed by atoms with Crippen LogP contribution in [-0.4, -0.2) is 10.8 Å². The molecule has 98 valence electrons. The van der Waals surface area contributed by atoms with Gasteiger partial charge in [-0.2, -0.15) is 0 Å². The molecule has 0 bridgehead atoms. The lowest BCUT2D eigenvalue weighted by Crippen LogP contribution is -2.02. The third-order valence-electron chi connectivity index (χ3n) is 3.03. The molecule has 0 saturated carbocycles. The molecular weight excluding hydrogens is 338 g/mol. The summed E-state index contributed by atoms with van der Waals surface area (Å²) in [5.74, 6) is -0.0689. The lowest BCUT2D eigenvalue weighted by molar-refractivity contribution is 0.103. The molecule has 0 saturated heterocycles. The highest BCUT2D eigenvalue weighted by Crippen LogP contribution is 2.25. The summed E-state index contributed by atoms with van der Waals surface area (Å²) in [4.78, 5) is 16.8. The number of pyridine rings is 1. The molecule has 2 nitrogen and oxygen atoms in total. The molecule has 1 aromatic heterocycles. The van der Waals surface area contributed by atoms with Gasteiger partial charge in [-0.15, -0.1) is 0 Å². The van der Waals surface area contributed by atoms with E-state index in [0.29, 0.717) is 20.6 Å². The maximum atomic E-state index is 12.4. The van der Waals surface area contributed by atoms with Crippen LogP contribution in [-0.2, 0) is 0 Å². The quantitative estimate of drug-likeness (QED) is 0.619. The molecule has 0 unspecified atom stereocenters. The Kier molecular flexibility index (Phi) is 3.55. The Morgan fingerprint density at radius 2 is 1.85 bits per heavy atom. The Morgan fingerprint density at radius 1 is 1.05 bits per heavy atom. The molecule has 0 spiro atoms. The van der Waals surface area contributed by atoms with Crippen LogP contribution in [0.15, 0.2) is 59.2 Å². The summed E-state index contributed by atoms with van der Waals surface area (Å²) >= 11 is 9.27. The van der Waals surface area contributed by atoms with Crippen LogP contribution in [0.2, 0.25) is 5.02 Å². The first kappa shape index (κ1) is 13.3. The lowest BCUT2D eigenvalue weighted by Gasteiger charge is -2.04. The van der Waals surface area contributed by atoms with Crippen LogP contribution in [0.25, 0.3) is 10.9 Å². The van der Waals surface area contributed by atoms with E-state index in [2.05, 4.69) is 20.9 Å². The average molecular weight is 347 g/mol. The second kappa shape index (κ2) is 5.35. The van der Waals surface area contributed by atoms with E-state index in [0.717, 1.165) is 10.9 Å². The Morgan fingerprint density at radius 3 is 2.65 bits per heavy atom. The minimum Gasteiger partial charge on any atom is -0.289 e. The van der Waals surface area contributed by atoms with Crippen LogP contribution < -0.4 is 0 Å². The van der Waals surface area contributed by atoms with Gasteiger partial charge in [0.05, 0.1) is 10.5 Å². The van der Waals surface area contributed by atoms with E-state index < -0.39 is 0 Å². The van der Waals surface area contributed by atoms with Crippen molar-refractivity contribution in [3.05, 3.63) is 75.4 Å². The van der Waals surface area contributed by atoms with E-state index in [1.807, 2.05) is 30.3 Å². The van der Waals surface area contributed by atoms with Crippen molar-refractivity contribution in [3.8, 4) is 0 Å². The van der Waals surface area contributed by atoms with Gasteiger partial charge in [0.2, 0.25) is 0 Å². The molecule has 0 aliphatic heterocycles. The summed E-state index contributed by atoms with van der Waals surface area (Å²) in [6.07, 6.45) is 1.60. The highest BCUT2D eigenvalue weighted by atomic mass is 79.9. The second-order valence-electron chi connectivity index (χ2n) is 4.37. The largest absolute Gasteiger partial charge is 0.289 e. The summed E-state index contributed by atoms with van der Waals surface area (Å²) in [5.41, 5.74) is 2.03. The molecule has 0 atom stereocenters. The predicted molar refractivity (Wildman–Crippen MR) is 84.3 cm³/mol. The van der Waals surface area contributed by atoms with Crippen molar-refractivity contribution in [2.24, 2.45) is 0 Å². The number of carbonyl (C=O) groups excluding carboxylic acids is 1. The Bertz CT molecular complexity index is 816. The van der Waals surface area contributed by atoms with Gasteiger partial charge in [0.15, 0.2) is 5.78 Å². The van der Waals surface area contributed by atoms with Crippen molar-refractivity contribution < 1.29 is 4.79 Å². The van der Waals surface area contributed by atoms with E-state index in [1.165, 1.54) is 0 Å². The van der Waals surface area contributed by atoms with Gasteiger partial charge in [-0.1, -0.05) is 29.8 Å². The van der Waals surface area contributed by atoms with Crippen molar-refractivity contribution in [3.63, 3.8) is 0 Å². The molecule has 0 amide bonds. The zero-order valence-electron chi connectivity index (χ0n) is 10.3. The number of aromatic nitrogens is 1. The minimum absolute atomic E-state index is 0.0689. The van der Waals surface area contributed by atoms with Crippen LogP contribution in [0.4, 0.5) is 0 Å². The van der Waals surface area contributed by atoms with E-state index in [-0.39, 0.29) is 5.78 Å². The SMILES string of the molecule is O=C(c1ccc(Cl)c(Br)c1)c1cnc2ccccc2c1. The molecule has 2 aromatic carbocycles. The van der Waals surface area contributed by atoms with Crippen LogP contribution in [0.3, 0.4) is 0 Å². The van der Waals surface area contributed by atoms with Crippen molar-refractivity contribution in [1.82, 2.24) is 4.98 Å². The number of benzene rings is 2. The van der Waals surface area contributed by atoms with Crippen LogP contribution in [0, 0.1) is 0 Å². The van der Waals surface area contributed by atoms with Crippen LogP contribution >= 0.6 is 27.5 Å². The predicted octanol–water partition coefficient (Wildman–Crippen LogP) is 4.88. The number of ketones is 1. The summed E-state index contributed by atoms with van der Waals surface area (Å²) in [6, 6.07) is 14.7. The topological polar surface area (TPSA) is 30.0 Å². The van der Waals surface area contributed by atoms with Gasteiger partial charge in [-0.3, -0.25) is 9.78 Å². The maximum Gasteiger partial charge on any atom is 0.194 e. The van der Waals surface area contributed by atoms with E-state index >= 15 is 0 Å². The van der Waals surface area contributed by atoms with E-state index in [1.54, 1.807) is 24.4 Å². The summed E-state index contributed by atoms with van der Waals surface area (Å²) in [5, 5.41) is 1.53. The highest BCUT2D eigenvalue weighted by molar-refractivity contribution is 9.10. The molecule has 0 fully saturated rings. The van der Waals surface area contributed by atoms with Gasteiger partial charge in [0.25, 0.3) is 0 Å². The molecule has 0 radical (unpaired) electrons. The smallest absolute Gasteiger partial charge is 0.194 e. The number of halogens is 2. The molecule has 3 aromatic rings. The van der Waals surface area contributed by atoms with Gasteiger partial charge < -0.3 is 0 Å². The van der Waals surface area contributed by atoms with Crippen molar-refractivity contribution >= 4 is 44.2 Å². The summed E-state index contributed by atoms with van der Waals surface area (Å²) < 4.78 is 0.707. The number of carbonyl (C=O) groups is 1. The fourth-order valence-electron chi connectivity index (χ4n) is 2.00. The Labute approximate surface area is 129 Å². The van der Waals surface area contributed by atoms with Crippen molar-refractivity contribution in [1.29, 1.82) is 0 Å². The molecule has 0 N–H and O–H groups in total. The van der Waals surface area contributed by atoms with Gasteiger partial charge in [-0.25, -0.2) is 0 Å². The monoisotopic (exact) mass is 345 g/mol. The van der Waals surface area contributed by atoms with E-state index in [9.17, 15) is 4.79 Å². The highest BCUT2D eigenvalue weighted by Gasteiger charge is 2.11. The average Bonchev–Trinajstić information content (AvgIpc) is 2.49. The van der Waals surface area contributed by atoms with Gasteiger partial charge in [-0.05, 0) is 46.3 Å². The number of hydrogen-bond donors (Lipinski definition) is 0. The third kappa shape index (κ3) is 2.47. The first-order valence-electron chi connectivity index (χ1n) is 6.00. The molecular formula is C16H9BrClNO. The first-order valence-corrected chi connectivity index (χ1v) is 7.17. The number of nitrogens with zero attached hydrogens (tertiary/aromatic N) is 1. The molecule has 4 heteroatoms. The second-order valence-corrected chi connectivity index (χ2v) is 5.64. The Hall–Kier alpha value is -1.71. The normalized spacial score (nSPS) is 10.7. The standard InChI is InChI=1S/C16H9BrClNO/c17-13-8-11(5-6-14(13)18)16(20)12-7-10-3-1-2-4-15(10)19-9-12/h1-9H. The molecule has 0 aliphatic rings. The molecule has 20 heavy (non-hydrogen) atoms. The first-order chi connectivity index (χ1) is 9.65.